The molecule has 1 aliphatic heterocycles. The smallest absolute Gasteiger partial charge is 0.330 e. The summed E-state index contributed by atoms with van der Waals surface area (Å²) in [5.41, 5.74) is 0.283. The lowest BCUT2D eigenvalue weighted by Crippen LogP contribution is -2.52. The van der Waals surface area contributed by atoms with Crippen LogP contribution < -0.4 is 10.1 Å². The van der Waals surface area contributed by atoms with Crippen molar-refractivity contribution in [2.45, 2.75) is 32.5 Å². The van der Waals surface area contributed by atoms with Gasteiger partial charge in [0.15, 0.2) is 0 Å². The molecule has 0 bridgehead atoms. The fraction of sp³-hybridized carbons (Fsp3) is 0.615. The Morgan fingerprint density at radius 3 is 3.00 bits per heavy atom. The van der Waals surface area contributed by atoms with Gasteiger partial charge in [-0.05, 0) is 26.8 Å². The zero-order chi connectivity index (χ0) is 14.8. The third-order valence-electron chi connectivity index (χ3n) is 2.99. The van der Waals surface area contributed by atoms with E-state index in [2.05, 4.69) is 10.3 Å². The molecule has 0 saturated carbocycles. The Bertz CT molecular complexity index is 504. The second-order valence-corrected chi connectivity index (χ2v) is 5.48. The lowest BCUT2D eigenvalue weighted by Gasteiger charge is -2.36. The lowest BCUT2D eigenvalue weighted by atomic mass is 10.1. The summed E-state index contributed by atoms with van der Waals surface area (Å²) in [5.74, 6) is 0.0435. The molecule has 1 N–H and O–H groups in total. The van der Waals surface area contributed by atoms with Crippen molar-refractivity contribution in [1.82, 2.24) is 10.3 Å². The number of nitrogens with zero attached hydrogens (tertiary/aromatic N) is 2. The van der Waals surface area contributed by atoms with E-state index < -0.39 is 4.92 Å². The molecule has 1 atom stereocenters. The molecule has 1 fully saturated rings. The first-order valence-electron chi connectivity index (χ1n) is 6.51. The van der Waals surface area contributed by atoms with Crippen LogP contribution in [0.4, 0.5) is 5.69 Å². The average molecular weight is 281 g/mol. The summed E-state index contributed by atoms with van der Waals surface area (Å²) >= 11 is 0. The minimum Gasteiger partial charge on any atom is -0.470 e. The van der Waals surface area contributed by atoms with E-state index in [9.17, 15) is 10.1 Å². The van der Waals surface area contributed by atoms with Gasteiger partial charge in [0.1, 0.15) is 12.7 Å². The fourth-order valence-electron chi connectivity index (χ4n) is 2.10. The molecular formula is C13H19N3O4. The summed E-state index contributed by atoms with van der Waals surface area (Å²) in [4.78, 5) is 14.5. The molecule has 0 radical (unpaired) electrons. The van der Waals surface area contributed by atoms with E-state index in [1.807, 2.05) is 13.8 Å². The van der Waals surface area contributed by atoms with Crippen molar-refractivity contribution in [3.8, 4) is 5.88 Å². The van der Waals surface area contributed by atoms with Gasteiger partial charge in [0, 0.05) is 24.8 Å². The normalized spacial score (nSPS) is 21.4. The van der Waals surface area contributed by atoms with Crippen LogP contribution in [0.3, 0.4) is 0 Å². The summed E-state index contributed by atoms with van der Waals surface area (Å²) in [5, 5.41) is 14.2. The largest absolute Gasteiger partial charge is 0.470 e. The van der Waals surface area contributed by atoms with Gasteiger partial charge in [0.05, 0.1) is 10.5 Å². The van der Waals surface area contributed by atoms with Crippen LogP contribution in [0.25, 0.3) is 0 Å². The van der Waals surface area contributed by atoms with Crippen LogP contribution in [0.5, 0.6) is 5.88 Å². The van der Waals surface area contributed by atoms with Gasteiger partial charge < -0.3 is 14.8 Å². The molecule has 1 saturated heterocycles. The van der Waals surface area contributed by atoms with Gasteiger partial charge >= 0.3 is 5.69 Å². The Hall–Kier alpha value is -1.73. The molecule has 110 valence electrons. The summed E-state index contributed by atoms with van der Waals surface area (Å²) in [7, 11) is 0. The molecule has 0 aromatic carbocycles. The Labute approximate surface area is 117 Å². The highest BCUT2D eigenvalue weighted by Gasteiger charge is 2.29. The van der Waals surface area contributed by atoms with E-state index in [1.165, 1.54) is 6.07 Å². The van der Waals surface area contributed by atoms with Crippen LogP contribution in [0.2, 0.25) is 0 Å². The summed E-state index contributed by atoms with van der Waals surface area (Å²) in [6.45, 7) is 7.39. The van der Waals surface area contributed by atoms with E-state index >= 15 is 0 Å². The molecular weight excluding hydrogens is 262 g/mol. The van der Waals surface area contributed by atoms with Crippen LogP contribution >= 0.6 is 0 Å². The summed E-state index contributed by atoms with van der Waals surface area (Å²) in [6, 6.07) is 2.99. The molecule has 1 aromatic rings. The molecule has 2 heterocycles. The number of morpholine rings is 1. The maximum atomic E-state index is 10.9. The van der Waals surface area contributed by atoms with E-state index in [-0.39, 0.29) is 29.9 Å². The number of rotatable bonds is 4. The van der Waals surface area contributed by atoms with Crippen LogP contribution in [0.15, 0.2) is 12.1 Å². The first-order chi connectivity index (χ1) is 9.37. The second kappa shape index (κ2) is 5.72. The third-order valence-corrected chi connectivity index (χ3v) is 2.99. The van der Waals surface area contributed by atoms with Gasteiger partial charge in [-0.15, -0.1) is 0 Å². The van der Waals surface area contributed by atoms with Crippen LogP contribution in [-0.2, 0) is 4.74 Å². The molecule has 1 unspecified atom stereocenters. The first-order valence-corrected chi connectivity index (χ1v) is 6.51. The molecule has 1 aliphatic rings. The van der Waals surface area contributed by atoms with Crippen LogP contribution in [-0.4, -0.2) is 41.3 Å². The van der Waals surface area contributed by atoms with E-state index in [1.54, 1.807) is 13.0 Å². The van der Waals surface area contributed by atoms with Gasteiger partial charge in [-0.25, -0.2) is 4.98 Å². The molecule has 0 amide bonds. The van der Waals surface area contributed by atoms with Crippen molar-refractivity contribution in [3.05, 3.63) is 27.9 Å². The number of aryl methyl sites for hydroxylation is 1. The molecule has 0 aliphatic carbocycles. The molecule has 7 heteroatoms. The number of hydrogen-bond acceptors (Lipinski definition) is 6. The van der Waals surface area contributed by atoms with Crippen molar-refractivity contribution in [3.63, 3.8) is 0 Å². The number of pyridine rings is 1. The quantitative estimate of drug-likeness (QED) is 0.664. The average Bonchev–Trinajstić information content (AvgIpc) is 2.35. The number of aromatic nitrogens is 1. The standard InChI is InChI=1S/C13H19N3O4/c1-9-4-5-11(16(17)18)12(15-9)19-7-10-6-14-8-13(2,3)20-10/h4-5,10,14H,6-8H2,1-3H3. The summed E-state index contributed by atoms with van der Waals surface area (Å²) < 4.78 is 11.3. The van der Waals surface area contributed by atoms with E-state index in [4.69, 9.17) is 9.47 Å². The maximum Gasteiger partial charge on any atom is 0.330 e. The fourth-order valence-corrected chi connectivity index (χ4v) is 2.10. The Morgan fingerprint density at radius 2 is 2.35 bits per heavy atom. The first kappa shape index (κ1) is 14.7. The molecule has 0 spiro atoms. The van der Waals surface area contributed by atoms with Crippen molar-refractivity contribution in [2.75, 3.05) is 19.7 Å². The van der Waals surface area contributed by atoms with Gasteiger partial charge in [0.25, 0.3) is 5.88 Å². The van der Waals surface area contributed by atoms with Gasteiger partial charge in [-0.3, -0.25) is 10.1 Å². The molecule has 7 nitrogen and oxygen atoms in total. The number of hydrogen-bond donors (Lipinski definition) is 1. The Kier molecular flexibility index (Phi) is 4.20. The van der Waals surface area contributed by atoms with Gasteiger partial charge in [0.2, 0.25) is 0 Å². The van der Waals surface area contributed by atoms with Crippen molar-refractivity contribution < 1.29 is 14.4 Å². The molecule has 1 aromatic heterocycles. The predicted molar refractivity (Wildman–Crippen MR) is 72.9 cm³/mol. The predicted octanol–water partition coefficient (Wildman–Crippen LogP) is 1.44. The minimum absolute atomic E-state index is 0.0435. The van der Waals surface area contributed by atoms with E-state index in [0.29, 0.717) is 12.2 Å². The van der Waals surface area contributed by atoms with Crippen molar-refractivity contribution >= 4 is 5.69 Å². The second-order valence-electron chi connectivity index (χ2n) is 5.48. The van der Waals surface area contributed by atoms with Gasteiger partial charge in [-0.2, -0.15) is 0 Å². The highest BCUT2D eigenvalue weighted by atomic mass is 16.6. The molecule has 20 heavy (non-hydrogen) atoms. The van der Waals surface area contributed by atoms with Crippen molar-refractivity contribution in [1.29, 1.82) is 0 Å². The third kappa shape index (κ3) is 3.64. The number of nitrogens with one attached hydrogen (secondary N) is 1. The minimum atomic E-state index is -0.494. The summed E-state index contributed by atoms with van der Waals surface area (Å²) in [6.07, 6.45) is -0.152. The van der Waals surface area contributed by atoms with Crippen LogP contribution in [0.1, 0.15) is 19.5 Å². The topological polar surface area (TPSA) is 86.5 Å². The number of nitro groups is 1. The van der Waals surface area contributed by atoms with Crippen LogP contribution in [0, 0.1) is 17.0 Å². The SMILES string of the molecule is Cc1ccc([N+](=O)[O-])c(OCC2CNCC(C)(C)O2)n1. The Balaban J connectivity index is 2.03. The Morgan fingerprint density at radius 1 is 1.60 bits per heavy atom. The lowest BCUT2D eigenvalue weighted by molar-refractivity contribution is -0.386. The zero-order valence-electron chi connectivity index (χ0n) is 11.9. The highest BCUT2D eigenvalue weighted by Crippen LogP contribution is 2.25. The monoisotopic (exact) mass is 281 g/mol. The van der Waals surface area contributed by atoms with Gasteiger partial charge in [-0.1, -0.05) is 0 Å². The maximum absolute atomic E-state index is 10.9. The highest BCUT2D eigenvalue weighted by molar-refractivity contribution is 5.41. The molecule has 2 rings (SSSR count). The zero-order valence-corrected chi connectivity index (χ0v) is 11.9. The van der Waals surface area contributed by atoms with Crippen molar-refractivity contribution in [2.24, 2.45) is 0 Å². The number of ether oxygens (including phenoxy) is 2. The van der Waals surface area contributed by atoms with E-state index in [0.717, 1.165) is 6.54 Å².